The van der Waals surface area contributed by atoms with Gasteiger partial charge in [0.25, 0.3) is 0 Å². The van der Waals surface area contributed by atoms with Crippen LogP contribution >= 0.6 is 24.0 Å². The molecular weight excluding hydrogens is 453 g/mol. The molecule has 0 bridgehead atoms. The molecule has 176 valence electrons. The first-order chi connectivity index (χ1) is 15.1. The predicted molar refractivity (Wildman–Crippen MR) is 127 cm³/mol. The van der Waals surface area contributed by atoms with Crippen LogP contribution in [0.15, 0.2) is 18.2 Å². The van der Waals surface area contributed by atoms with Crippen molar-refractivity contribution in [2.24, 2.45) is 0 Å². The number of hydrogen-bond acceptors (Lipinski definition) is 5. The Morgan fingerprint density at radius 1 is 0.906 bits per heavy atom. The van der Waals surface area contributed by atoms with Gasteiger partial charge in [0.1, 0.15) is 13.2 Å². The summed E-state index contributed by atoms with van der Waals surface area (Å²) >= 11 is 6.26. The molecule has 1 aromatic carbocycles. The number of halogens is 2. The van der Waals surface area contributed by atoms with Crippen LogP contribution in [-0.4, -0.2) is 85.5 Å². The first-order valence-electron chi connectivity index (χ1n) is 11.2. The van der Waals surface area contributed by atoms with Crippen LogP contribution in [0, 0.1) is 0 Å². The van der Waals surface area contributed by atoms with E-state index >= 15 is 0 Å². The highest BCUT2D eigenvalue weighted by Crippen LogP contribution is 2.38. The van der Waals surface area contributed by atoms with E-state index in [4.69, 9.17) is 21.1 Å². The molecule has 0 aromatic heterocycles. The van der Waals surface area contributed by atoms with E-state index in [2.05, 4.69) is 4.90 Å². The van der Waals surface area contributed by atoms with E-state index in [0.717, 1.165) is 44.6 Å². The maximum Gasteiger partial charge on any atom is 0.246 e. The lowest BCUT2D eigenvalue weighted by Gasteiger charge is -2.35. The van der Waals surface area contributed by atoms with E-state index in [9.17, 15) is 9.59 Å². The summed E-state index contributed by atoms with van der Waals surface area (Å²) in [4.78, 5) is 31.2. The number of rotatable bonds is 4. The van der Waals surface area contributed by atoms with Crippen LogP contribution in [0.1, 0.15) is 31.2 Å². The van der Waals surface area contributed by atoms with Gasteiger partial charge < -0.3 is 19.3 Å². The van der Waals surface area contributed by atoms with E-state index < -0.39 is 0 Å². The fourth-order valence-electron chi connectivity index (χ4n) is 4.24. The Morgan fingerprint density at radius 3 is 2.31 bits per heavy atom. The lowest BCUT2D eigenvalue weighted by molar-refractivity contribution is -0.133. The predicted octanol–water partition coefficient (Wildman–Crippen LogP) is 3.09. The topological polar surface area (TPSA) is 62.3 Å². The number of ether oxygens (including phenoxy) is 2. The Bertz CT molecular complexity index is 833. The summed E-state index contributed by atoms with van der Waals surface area (Å²) in [6.07, 6.45) is 7.97. The second-order valence-corrected chi connectivity index (χ2v) is 8.66. The van der Waals surface area contributed by atoms with Crippen LogP contribution in [0.5, 0.6) is 11.5 Å². The smallest absolute Gasteiger partial charge is 0.246 e. The minimum atomic E-state index is -0.0375. The molecule has 2 saturated heterocycles. The van der Waals surface area contributed by atoms with Crippen LogP contribution in [0.2, 0.25) is 5.02 Å². The number of carbonyl (C=O) groups is 2. The van der Waals surface area contributed by atoms with Crippen molar-refractivity contribution in [3.8, 4) is 11.5 Å². The van der Waals surface area contributed by atoms with Gasteiger partial charge in [-0.15, -0.1) is 12.4 Å². The molecule has 0 unspecified atom stereocenters. The van der Waals surface area contributed by atoms with Gasteiger partial charge in [-0.2, -0.15) is 0 Å². The summed E-state index contributed by atoms with van der Waals surface area (Å²) in [5, 5.41) is 0.479. The van der Waals surface area contributed by atoms with Crippen LogP contribution in [-0.2, 0) is 9.59 Å². The summed E-state index contributed by atoms with van der Waals surface area (Å²) in [5.41, 5.74) is 0.796. The average molecular weight is 484 g/mol. The normalized spacial score (nSPS) is 19.4. The zero-order valence-corrected chi connectivity index (χ0v) is 19.8. The van der Waals surface area contributed by atoms with Crippen molar-refractivity contribution < 1.29 is 19.1 Å². The SMILES string of the molecule is Cl.O=C(C=Cc1cc(Cl)c2c(c1)OCCO2)N1CCN(CC(=O)N2CCCCCC2)CC1. The highest BCUT2D eigenvalue weighted by molar-refractivity contribution is 6.32. The number of fused-ring (bicyclic) bond motifs is 1. The van der Waals surface area contributed by atoms with Crippen molar-refractivity contribution in [1.82, 2.24) is 14.7 Å². The first-order valence-corrected chi connectivity index (χ1v) is 11.5. The van der Waals surface area contributed by atoms with Crippen LogP contribution in [0.3, 0.4) is 0 Å². The molecule has 2 fully saturated rings. The average Bonchev–Trinajstić information content (AvgIpc) is 3.08. The monoisotopic (exact) mass is 483 g/mol. The molecule has 9 heteroatoms. The number of hydrogen-bond donors (Lipinski definition) is 0. The summed E-state index contributed by atoms with van der Waals surface area (Å²) < 4.78 is 11.1. The van der Waals surface area contributed by atoms with E-state index in [1.807, 2.05) is 15.9 Å². The molecule has 32 heavy (non-hydrogen) atoms. The molecular formula is C23H31Cl2N3O4. The van der Waals surface area contributed by atoms with E-state index in [1.165, 1.54) is 12.8 Å². The minimum absolute atomic E-state index is 0. The maximum atomic E-state index is 12.6. The molecule has 1 aromatic rings. The standard InChI is InChI=1S/C23H30ClN3O4.ClH/c24-19-15-18(16-20-23(19)31-14-13-30-20)5-6-21(28)27-11-9-25(10-12-27)17-22(29)26-7-3-1-2-4-8-26;/h5-6,15-16H,1-4,7-14,17H2;1H. The molecule has 3 heterocycles. The molecule has 0 radical (unpaired) electrons. The second-order valence-electron chi connectivity index (χ2n) is 8.26. The van der Waals surface area contributed by atoms with Gasteiger partial charge in [0.05, 0.1) is 11.6 Å². The number of amides is 2. The van der Waals surface area contributed by atoms with Crippen molar-refractivity contribution in [2.45, 2.75) is 25.7 Å². The van der Waals surface area contributed by atoms with E-state index in [-0.39, 0.29) is 24.2 Å². The molecule has 2 amide bonds. The number of carbonyl (C=O) groups excluding carboxylic acids is 2. The molecule has 4 rings (SSSR count). The molecule has 0 aliphatic carbocycles. The van der Waals surface area contributed by atoms with Crippen molar-refractivity contribution in [2.75, 3.05) is 59.0 Å². The van der Waals surface area contributed by atoms with Crippen LogP contribution < -0.4 is 9.47 Å². The Balaban J connectivity index is 0.00000289. The number of likely N-dealkylation sites (tertiary alicyclic amines) is 1. The molecule has 7 nitrogen and oxygen atoms in total. The molecule has 0 saturated carbocycles. The number of piperazine rings is 1. The summed E-state index contributed by atoms with van der Waals surface area (Å²) in [7, 11) is 0. The fraction of sp³-hybridized carbons (Fsp3) is 0.565. The Kier molecular flexibility index (Phi) is 9.08. The zero-order chi connectivity index (χ0) is 21.6. The quantitative estimate of drug-likeness (QED) is 0.615. The van der Waals surface area contributed by atoms with Crippen LogP contribution in [0.25, 0.3) is 6.08 Å². The maximum absolute atomic E-state index is 12.6. The van der Waals surface area contributed by atoms with Gasteiger partial charge in [0.2, 0.25) is 11.8 Å². The zero-order valence-electron chi connectivity index (χ0n) is 18.3. The molecule has 3 aliphatic heterocycles. The third-order valence-corrected chi connectivity index (χ3v) is 6.32. The van der Waals surface area contributed by atoms with Crippen LogP contribution in [0.4, 0.5) is 0 Å². The first kappa shape index (κ1) is 24.7. The van der Waals surface area contributed by atoms with Gasteiger partial charge in [0.15, 0.2) is 11.5 Å². The van der Waals surface area contributed by atoms with Crippen molar-refractivity contribution in [1.29, 1.82) is 0 Å². The van der Waals surface area contributed by atoms with Gasteiger partial charge in [0, 0.05) is 45.3 Å². The largest absolute Gasteiger partial charge is 0.486 e. The lowest BCUT2D eigenvalue weighted by atomic mass is 10.1. The Morgan fingerprint density at radius 2 is 1.59 bits per heavy atom. The van der Waals surface area contributed by atoms with Crippen molar-refractivity contribution in [3.05, 3.63) is 28.8 Å². The third kappa shape index (κ3) is 6.30. The minimum Gasteiger partial charge on any atom is -0.486 e. The third-order valence-electron chi connectivity index (χ3n) is 6.04. The lowest BCUT2D eigenvalue weighted by Crippen LogP contribution is -2.51. The number of benzene rings is 1. The summed E-state index contributed by atoms with van der Waals surface area (Å²) in [6, 6.07) is 3.60. The highest BCUT2D eigenvalue weighted by atomic mass is 35.5. The molecule has 0 N–H and O–H groups in total. The molecule has 0 spiro atoms. The van der Waals surface area contributed by atoms with Crippen molar-refractivity contribution in [3.63, 3.8) is 0 Å². The highest BCUT2D eigenvalue weighted by Gasteiger charge is 2.24. The Labute approximate surface area is 200 Å². The fourth-order valence-corrected chi connectivity index (χ4v) is 4.51. The molecule has 3 aliphatic rings. The Hall–Kier alpha value is -1.96. The van der Waals surface area contributed by atoms with Gasteiger partial charge in [-0.3, -0.25) is 14.5 Å². The van der Waals surface area contributed by atoms with E-state index in [1.54, 1.807) is 18.2 Å². The van der Waals surface area contributed by atoms with Gasteiger partial charge in [-0.25, -0.2) is 0 Å². The number of nitrogens with zero attached hydrogens (tertiary/aromatic N) is 3. The summed E-state index contributed by atoms with van der Waals surface area (Å²) in [5.74, 6) is 1.34. The second kappa shape index (κ2) is 11.8. The van der Waals surface area contributed by atoms with Gasteiger partial charge >= 0.3 is 0 Å². The molecule has 0 atom stereocenters. The van der Waals surface area contributed by atoms with Gasteiger partial charge in [-0.05, 0) is 36.6 Å². The van der Waals surface area contributed by atoms with Crippen molar-refractivity contribution >= 4 is 41.9 Å². The van der Waals surface area contributed by atoms with Gasteiger partial charge in [-0.1, -0.05) is 24.4 Å². The summed E-state index contributed by atoms with van der Waals surface area (Å²) in [6.45, 7) is 5.86. The van der Waals surface area contributed by atoms with E-state index in [0.29, 0.717) is 49.4 Å².